The molecule has 0 atom stereocenters. The van der Waals surface area contributed by atoms with Gasteiger partial charge in [0.15, 0.2) is 0 Å². The SMILES string of the molecule is COc1cc2c(cc1C#N)N(CC1CCC(N)CC1)C(=O)/C2=C\c1[nH]c(C)cc1C. The fourth-order valence-electron chi connectivity index (χ4n) is 4.63. The van der Waals surface area contributed by atoms with Crippen LogP contribution in [0.25, 0.3) is 11.6 Å². The Morgan fingerprint density at radius 3 is 2.60 bits per heavy atom. The second kappa shape index (κ2) is 8.00. The zero-order valence-corrected chi connectivity index (χ0v) is 17.8. The van der Waals surface area contributed by atoms with Gasteiger partial charge in [-0.25, -0.2) is 0 Å². The molecule has 3 N–H and O–H groups in total. The molecule has 6 heteroatoms. The fourth-order valence-corrected chi connectivity index (χ4v) is 4.63. The number of hydrogen-bond donors (Lipinski definition) is 2. The Morgan fingerprint density at radius 2 is 2.00 bits per heavy atom. The summed E-state index contributed by atoms with van der Waals surface area (Å²) in [6, 6.07) is 8.13. The molecule has 0 spiro atoms. The average molecular weight is 405 g/mol. The zero-order chi connectivity index (χ0) is 21.4. The number of nitrogens with one attached hydrogen (secondary N) is 1. The number of carbonyl (C=O) groups is 1. The van der Waals surface area contributed by atoms with Gasteiger partial charge < -0.3 is 20.4 Å². The van der Waals surface area contributed by atoms with Crippen molar-refractivity contribution in [2.75, 3.05) is 18.6 Å². The first-order valence-electron chi connectivity index (χ1n) is 10.5. The molecule has 2 aliphatic rings. The number of aryl methyl sites for hydroxylation is 2. The molecule has 1 aromatic carbocycles. The van der Waals surface area contributed by atoms with Crippen molar-refractivity contribution in [3.63, 3.8) is 0 Å². The maximum absolute atomic E-state index is 13.5. The van der Waals surface area contributed by atoms with Crippen LogP contribution in [0, 0.1) is 31.1 Å². The van der Waals surface area contributed by atoms with Crippen LogP contribution in [0.15, 0.2) is 18.2 Å². The number of methoxy groups -OCH3 is 1. The number of carbonyl (C=O) groups excluding carboxylic acids is 1. The summed E-state index contributed by atoms with van der Waals surface area (Å²) in [6.07, 6.45) is 5.96. The van der Waals surface area contributed by atoms with Gasteiger partial charge in [-0.05, 0) is 75.3 Å². The number of amides is 1. The third-order valence-corrected chi connectivity index (χ3v) is 6.31. The van der Waals surface area contributed by atoms with E-state index in [2.05, 4.69) is 17.1 Å². The quantitative estimate of drug-likeness (QED) is 0.755. The molecule has 0 saturated heterocycles. The fraction of sp³-hybridized carbons (Fsp3) is 0.417. The molecular formula is C24H28N4O2. The van der Waals surface area contributed by atoms with Gasteiger partial charge in [0.05, 0.1) is 23.9 Å². The van der Waals surface area contributed by atoms with Crippen molar-refractivity contribution >= 4 is 23.2 Å². The minimum absolute atomic E-state index is 0.0244. The number of nitrogens with two attached hydrogens (primary N) is 1. The number of nitriles is 1. The van der Waals surface area contributed by atoms with Gasteiger partial charge >= 0.3 is 0 Å². The van der Waals surface area contributed by atoms with Crippen molar-refractivity contribution in [2.24, 2.45) is 11.7 Å². The maximum atomic E-state index is 13.5. The number of hydrogen-bond acceptors (Lipinski definition) is 4. The van der Waals surface area contributed by atoms with Crippen LogP contribution < -0.4 is 15.4 Å². The van der Waals surface area contributed by atoms with Gasteiger partial charge in [-0.15, -0.1) is 0 Å². The van der Waals surface area contributed by atoms with E-state index >= 15 is 0 Å². The Morgan fingerprint density at radius 1 is 1.27 bits per heavy atom. The molecule has 156 valence electrons. The Kier molecular flexibility index (Phi) is 5.40. The molecule has 6 nitrogen and oxygen atoms in total. The third kappa shape index (κ3) is 3.61. The number of nitrogens with zero attached hydrogens (tertiary/aromatic N) is 2. The molecule has 1 aliphatic carbocycles. The monoisotopic (exact) mass is 404 g/mol. The van der Waals surface area contributed by atoms with Crippen LogP contribution in [-0.4, -0.2) is 30.6 Å². The van der Waals surface area contributed by atoms with Crippen molar-refractivity contribution in [1.82, 2.24) is 4.98 Å². The lowest BCUT2D eigenvalue weighted by Crippen LogP contribution is -2.36. The first-order chi connectivity index (χ1) is 14.4. The van der Waals surface area contributed by atoms with E-state index in [1.807, 2.05) is 30.9 Å². The lowest BCUT2D eigenvalue weighted by Gasteiger charge is -2.30. The highest BCUT2D eigenvalue weighted by Gasteiger charge is 2.36. The van der Waals surface area contributed by atoms with Crippen molar-refractivity contribution < 1.29 is 9.53 Å². The second-order valence-electron chi connectivity index (χ2n) is 8.49. The smallest absolute Gasteiger partial charge is 0.259 e. The number of anilines is 1. The molecular weight excluding hydrogens is 376 g/mol. The van der Waals surface area contributed by atoms with Gasteiger partial charge in [-0.1, -0.05) is 0 Å². The molecule has 1 fully saturated rings. The lowest BCUT2D eigenvalue weighted by molar-refractivity contribution is -0.113. The van der Waals surface area contributed by atoms with Gasteiger partial charge in [0.25, 0.3) is 5.91 Å². The number of rotatable bonds is 4. The molecule has 1 amide bonds. The lowest BCUT2D eigenvalue weighted by atomic mass is 9.86. The van der Waals surface area contributed by atoms with Crippen LogP contribution in [0.1, 0.15) is 53.8 Å². The molecule has 2 heterocycles. The summed E-state index contributed by atoms with van der Waals surface area (Å²) in [5.41, 5.74) is 11.8. The number of fused-ring (bicyclic) bond motifs is 1. The molecule has 30 heavy (non-hydrogen) atoms. The first-order valence-corrected chi connectivity index (χ1v) is 10.5. The predicted octanol–water partition coefficient (Wildman–Crippen LogP) is 3.92. The van der Waals surface area contributed by atoms with E-state index in [1.165, 1.54) is 0 Å². The van der Waals surface area contributed by atoms with Crippen LogP contribution in [0.5, 0.6) is 5.75 Å². The summed E-state index contributed by atoms with van der Waals surface area (Å²) in [6.45, 7) is 4.68. The van der Waals surface area contributed by atoms with E-state index in [0.717, 1.165) is 53.9 Å². The van der Waals surface area contributed by atoms with E-state index < -0.39 is 0 Å². The van der Waals surface area contributed by atoms with E-state index in [4.69, 9.17) is 10.5 Å². The van der Waals surface area contributed by atoms with Crippen molar-refractivity contribution in [1.29, 1.82) is 5.26 Å². The van der Waals surface area contributed by atoms with Gasteiger partial charge in [-0.3, -0.25) is 4.79 Å². The second-order valence-corrected chi connectivity index (χ2v) is 8.49. The molecule has 0 unspecified atom stereocenters. The average Bonchev–Trinajstić information content (AvgIpc) is 3.18. The molecule has 2 aromatic rings. The summed E-state index contributed by atoms with van der Waals surface area (Å²) in [4.78, 5) is 18.7. The topological polar surface area (TPSA) is 95.1 Å². The predicted molar refractivity (Wildman–Crippen MR) is 118 cm³/mol. The third-order valence-electron chi connectivity index (χ3n) is 6.31. The molecule has 0 bridgehead atoms. The summed E-state index contributed by atoms with van der Waals surface area (Å²) in [5, 5.41) is 9.56. The van der Waals surface area contributed by atoms with E-state index in [9.17, 15) is 10.1 Å². The van der Waals surface area contributed by atoms with E-state index in [1.54, 1.807) is 13.2 Å². The van der Waals surface area contributed by atoms with E-state index in [0.29, 0.717) is 29.3 Å². The number of benzene rings is 1. The Bertz CT molecular complexity index is 1050. The zero-order valence-electron chi connectivity index (χ0n) is 17.8. The highest BCUT2D eigenvalue weighted by Crippen LogP contribution is 2.42. The van der Waals surface area contributed by atoms with Crippen LogP contribution in [0.3, 0.4) is 0 Å². The molecule has 1 aromatic heterocycles. The van der Waals surface area contributed by atoms with Crippen molar-refractivity contribution in [2.45, 2.75) is 45.6 Å². The summed E-state index contributed by atoms with van der Waals surface area (Å²) >= 11 is 0. The van der Waals surface area contributed by atoms with Crippen LogP contribution in [-0.2, 0) is 4.79 Å². The van der Waals surface area contributed by atoms with Gasteiger partial charge in [0.2, 0.25) is 0 Å². The summed E-state index contributed by atoms with van der Waals surface area (Å²) in [5.74, 6) is 0.881. The van der Waals surface area contributed by atoms with Gasteiger partial charge in [-0.2, -0.15) is 5.26 Å². The summed E-state index contributed by atoms with van der Waals surface area (Å²) < 4.78 is 5.42. The van der Waals surface area contributed by atoms with Crippen LogP contribution >= 0.6 is 0 Å². The van der Waals surface area contributed by atoms with Crippen LogP contribution in [0.4, 0.5) is 5.69 Å². The number of aromatic nitrogens is 1. The minimum Gasteiger partial charge on any atom is -0.495 e. The van der Waals surface area contributed by atoms with Crippen molar-refractivity contribution in [3.8, 4) is 11.8 Å². The van der Waals surface area contributed by atoms with E-state index in [-0.39, 0.29) is 11.9 Å². The molecule has 1 aliphatic heterocycles. The Hall–Kier alpha value is -3.04. The largest absolute Gasteiger partial charge is 0.495 e. The Labute approximate surface area is 177 Å². The first kappa shape index (κ1) is 20.2. The molecule has 1 saturated carbocycles. The van der Waals surface area contributed by atoms with Crippen LogP contribution in [0.2, 0.25) is 0 Å². The number of ether oxygens (including phenoxy) is 1. The van der Waals surface area contributed by atoms with Crippen molar-refractivity contribution in [3.05, 3.63) is 46.3 Å². The van der Waals surface area contributed by atoms with Gasteiger partial charge in [0.1, 0.15) is 11.8 Å². The number of aromatic amines is 1. The summed E-state index contributed by atoms with van der Waals surface area (Å²) in [7, 11) is 1.55. The Balaban J connectivity index is 1.77. The normalized spacial score (nSPS) is 22.3. The minimum atomic E-state index is -0.0244. The highest BCUT2D eigenvalue weighted by molar-refractivity contribution is 6.36. The maximum Gasteiger partial charge on any atom is 0.259 e. The standard InChI is InChI=1S/C24H28N4O2/c1-14-8-15(2)27-21(14)10-20-19-11-23(30-3)17(12-25)9-22(19)28(24(20)29)13-16-4-6-18(26)7-5-16/h8-11,16,18,27H,4-7,13,26H2,1-3H3/b20-10-. The number of H-pyrrole nitrogens is 1. The molecule has 4 rings (SSSR count). The van der Waals surface area contributed by atoms with Gasteiger partial charge in [0, 0.05) is 29.5 Å². The molecule has 0 radical (unpaired) electrons. The highest BCUT2D eigenvalue weighted by atomic mass is 16.5.